The molecule has 0 heterocycles. The highest BCUT2D eigenvalue weighted by atomic mass is 16.5. The van der Waals surface area contributed by atoms with Gasteiger partial charge in [-0.2, -0.15) is 0 Å². The molecule has 0 bridgehead atoms. The predicted molar refractivity (Wildman–Crippen MR) is 76.7 cm³/mol. The average Bonchev–Trinajstić information content (AvgIpc) is 2.39. The third-order valence-electron chi connectivity index (χ3n) is 3.64. The van der Waals surface area contributed by atoms with Gasteiger partial charge in [0.25, 0.3) is 0 Å². The minimum Gasteiger partial charge on any atom is -0.490 e. The molecule has 0 aliphatic rings. The Morgan fingerprint density at radius 1 is 1.32 bits per heavy atom. The van der Waals surface area contributed by atoms with Gasteiger partial charge in [0.15, 0.2) is 0 Å². The maximum absolute atomic E-state index is 10.9. The zero-order valence-electron chi connectivity index (χ0n) is 12.3. The van der Waals surface area contributed by atoms with E-state index in [1.807, 2.05) is 25.1 Å². The fourth-order valence-corrected chi connectivity index (χ4v) is 1.89. The lowest BCUT2D eigenvalue weighted by Gasteiger charge is -2.22. The van der Waals surface area contributed by atoms with Gasteiger partial charge in [-0.25, -0.2) is 0 Å². The normalized spacial score (nSPS) is 13.9. The first-order valence-corrected chi connectivity index (χ1v) is 6.98. The largest absolute Gasteiger partial charge is 0.490 e. The minimum atomic E-state index is -0.828. The lowest BCUT2D eigenvalue weighted by Crippen LogP contribution is -2.21. The first-order chi connectivity index (χ1) is 8.97. The summed E-state index contributed by atoms with van der Waals surface area (Å²) in [6.07, 6.45) is 2.06. The molecular weight excluding hydrogens is 240 g/mol. The van der Waals surface area contributed by atoms with Gasteiger partial charge >= 0.3 is 5.97 Å². The van der Waals surface area contributed by atoms with E-state index in [9.17, 15) is 4.79 Å². The molecule has 0 aliphatic heterocycles. The number of carboxylic acids is 1. The summed E-state index contributed by atoms with van der Waals surface area (Å²) in [5.74, 6) is 0.336. The number of hydrogen-bond donors (Lipinski definition) is 1. The molecule has 106 valence electrons. The number of aliphatic carboxylic acids is 1. The van der Waals surface area contributed by atoms with E-state index in [-0.39, 0.29) is 12.5 Å². The van der Waals surface area contributed by atoms with Crippen LogP contribution in [0.5, 0.6) is 5.75 Å². The first-order valence-electron chi connectivity index (χ1n) is 6.98. The molecule has 3 heteroatoms. The molecule has 0 radical (unpaired) electrons. The summed E-state index contributed by atoms with van der Waals surface area (Å²) in [6.45, 7) is 8.39. The molecule has 1 rings (SSSR count). The zero-order valence-corrected chi connectivity index (χ0v) is 12.3. The van der Waals surface area contributed by atoms with Crippen LogP contribution in [0.15, 0.2) is 18.2 Å². The highest BCUT2D eigenvalue weighted by Crippen LogP contribution is 2.25. The van der Waals surface area contributed by atoms with E-state index >= 15 is 0 Å². The zero-order chi connectivity index (χ0) is 14.4. The number of hydrogen-bond acceptors (Lipinski definition) is 2. The Kier molecular flexibility index (Phi) is 5.87. The van der Waals surface area contributed by atoms with Crippen molar-refractivity contribution in [1.29, 1.82) is 0 Å². The first kappa shape index (κ1) is 15.5. The number of benzene rings is 1. The molecule has 2 atom stereocenters. The number of carboxylic acid groups (broad SMARTS) is 1. The minimum absolute atomic E-state index is 0.00650. The lowest BCUT2D eigenvalue weighted by molar-refractivity contribution is -0.136. The third kappa shape index (κ3) is 4.58. The third-order valence-corrected chi connectivity index (χ3v) is 3.64. The van der Waals surface area contributed by atoms with Crippen LogP contribution in [0, 0.1) is 5.92 Å². The van der Waals surface area contributed by atoms with Crippen LogP contribution in [0.3, 0.4) is 0 Å². The van der Waals surface area contributed by atoms with Gasteiger partial charge in [-0.05, 0) is 30.9 Å². The van der Waals surface area contributed by atoms with Gasteiger partial charge in [0, 0.05) is 5.56 Å². The number of carbonyl (C=O) groups is 1. The monoisotopic (exact) mass is 264 g/mol. The summed E-state index contributed by atoms with van der Waals surface area (Å²) in [6, 6.07) is 5.81. The van der Waals surface area contributed by atoms with E-state index in [1.54, 1.807) is 0 Å². The van der Waals surface area contributed by atoms with Gasteiger partial charge in [0.2, 0.25) is 0 Å². The standard InChI is InChI=1S/C16H24O3/c1-5-11(3)12(4)19-15-9-13(6-2)7-8-14(15)10-16(17)18/h7-9,11-12H,5-6,10H2,1-4H3,(H,17,18). The Balaban J connectivity index is 2.96. The van der Waals surface area contributed by atoms with Crippen molar-refractivity contribution in [3.63, 3.8) is 0 Å². The molecule has 2 unspecified atom stereocenters. The Labute approximate surface area is 115 Å². The second-order valence-corrected chi connectivity index (χ2v) is 5.07. The average molecular weight is 264 g/mol. The number of rotatable bonds is 7. The molecule has 0 saturated carbocycles. The molecule has 0 saturated heterocycles. The van der Waals surface area contributed by atoms with Crippen molar-refractivity contribution in [2.45, 2.75) is 53.1 Å². The van der Waals surface area contributed by atoms with E-state index in [2.05, 4.69) is 20.8 Å². The molecule has 0 amide bonds. The van der Waals surface area contributed by atoms with E-state index in [0.29, 0.717) is 5.92 Å². The summed E-state index contributed by atoms with van der Waals surface area (Å²) >= 11 is 0. The second-order valence-electron chi connectivity index (χ2n) is 5.07. The van der Waals surface area contributed by atoms with Crippen LogP contribution in [0.2, 0.25) is 0 Å². The molecule has 0 fully saturated rings. The van der Waals surface area contributed by atoms with Crippen molar-refractivity contribution in [3.05, 3.63) is 29.3 Å². The van der Waals surface area contributed by atoms with Crippen LogP contribution >= 0.6 is 0 Å². The van der Waals surface area contributed by atoms with E-state index in [4.69, 9.17) is 9.84 Å². The Bertz CT molecular complexity index is 426. The van der Waals surface area contributed by atoms with E-state index in [0.717, 1.165) is 24.2 Å². The molecule has 1 N–H and O–H groups in total. The van der Waals surface area contributed by atoms with Crippen molar-refractivity contribution < 1.29 is 14.6 Å². The van der Waals surface area contributed by atoms with Crippen LogP contribution in [0.4, 0.5) is 0 Å². The molecule has 3 nitrogen and oxygen atoms in total. The summed E-state index contributed by atoms with van der Waals surface area (Å²) in [5, 5.41) is 8.95. The van der Waals surface area contributed by atoms with E-state index < -0.39 is 5.97 Å². The van der Waals surface area contributed by atoms with Gasteiger partial charge in [-0.1, -0.05) is 39.3 Å². The van der Waals surface area contributed by atoms with Crippen molar-refractivity contribution >= 4 is 5.97 Å². The molecule has 0 spiro atoms. The maximum Gasteiger partial charge on any atom is 0.307 e. The topological polar surface area (TPSA) is 46.5 Å². The molecule has 19 heavy (non-hydrogen) atoms. The summed E-state index contributed by atoms with van der Waals surface area (Å²) in [7, 11) is 0. The highest BCUT2D eigenvalue weighted by molar-refractivity contribution is 5.71. The van der Waals surface area contributed by atoms with Crippen LogP contribution in [0.25, 0.3) is 0 Å². The van der Waals surface area contributed by atoms with Crippen molar-refractivity contribution in [2.24, 2.45) is 5.92 Å². The van der Waals surface area contributed by atoms with Gasteiger partial charge < -0.3 is 9.84 Å². The van der Waals surface area contributed by atoms with Crippen LogP contribution in [-0.4, -0.2) is 17.2 Å². The smallest absolute Gasteiger partial charge is 0.307 e. The maximum atomic E-state index is 10.9. The van der Waals surface area contributed by atoms with Crippen LogP contribution in [-0.2, 0) is 17.6 Å². The van der Waals surface area contributed by atoms with Gasteiger partial charge in [0.1, 0.15) is 5.75 Å². The Morgan fingerprint density at radius 3 is 2.53 bits per heavy atom. The Morgan fingerprint density at radius 2 is 2.00 bits per heavy atom. The fourth-order valence-electron chi connectivity index (χ4n) is 1.89. The lowest BCUT2D eigenvalue weighted by atomic mass is 10.0. The number of aryl methyl sites for hydroxylation is 1. The molecule has 1 aromatic carbocycles. The van der Waals surface area contributed by atoms with Crippen LogP contribution < -0.4 is 4.74 Å². The van der Waals surface area contributed by atoms with Crippen molar-refractivity contribution in [1.82, 2.24) is 0 Å². The van der Waals surface area contributed by atoms with Gasteiger partial charge in [0.05, 0.1) is 12.5 Å². The highest BCUT2D eigenvalue weighted by Gasteiger charge is 2.15. The SMILES string of the molecule is CCc1ccc(CC(=O)O)c(OC(C)C(C)CC)c1. The second kappa shape index (κ2) is 7.17. The van der Waals surface area contributed by atoms with Crippen LogP contribution in [0.1, 0.15) is 45.2 Å². The number of ether oxygens (including phenoxy) is 1. The fraction of sp³-hybridized carbons (Fsp3) is 0.562. The van der Waals surface area contributed by atoms with Gasteiger partial charge in [-0.3, -0.25) is 4.79 Å². The summed E-state index contributed by atoms with van der Waals surface area (Å²) in [5.41, 5.74) is 1.92. The Hall–Kier alpha value is -1.51. The van der Waals surface area contributed by atoms with Gasteiger partial charge in [-0.15, -0.1) is 0 Å². The molecule has 0 aromatic heterocycles. The molecule has 0 aliphatic carbocycles. The molecular formula is C16H24O3. The van der Waals surface area contributed by atoms with E-state index in [1.165, 1.54) is 5.56 Å². The summed E-state index contributed by atoms with van der Waals surface area (Å²) < 4.78 is 5.98. The summed E-state index contributed by atoms with van der Waals surface area (Å²) in [4.78, 5) is 10.9. The van der Waals surface area contributed by atoms with Crippen molar-refractivity contribution in [3.8, 4) is 5.75 Å². The van der Waals surface area contributed by atoms with Crippen molar-refractivity contribution in [2.75, 3.05) is 0 Å². The predicted octanol–water partition coefficient (Wildman–Crippen LogP) is 3.69. The quantitative estimate of drug-likeness (QED) is 0.817. The molecule has 1 aromatic rings.